The van der Waals surface area contributed by atoms with E-state index in [1.54, 1.807) is 36.5 Å². The molecule has 4 heteroatoms. The van der Waals surface area contributed by atoms with Gasteiger partial charge in [0.05, 0.1) is 11.3 Å². The van der Waals surface area contributed by atoms with Crippen LogP contribution in [0.25, 0.3) is 22.0 Å². The number of benzene rings is 3. The number of pyridine rings is 1. The Balaban J connectivity index is 1.60. The highest BCUT2D eigenvalue weighted by Crippen LogP contribution is 2.23. The number of aryl methyl sites for hydroxylation is 1. The molecular weight excluding hydrogens is 395 g/mol. The number of halogens is 3. The minimum atomic E-state index is -0.734. The summed E-state index contributed by atoms with van der Waals surface area (Å²) in [6.45, 7) is 2.12. The van der Waals surface area contributed by atoms with E-state index in [0.29, 0.717) is 16.8 Å². The van der Waals surface area contributed by atoms with E-state index in [1.165, 1.54) is 24.3 Å². The molecule has 4 rings (SSSR count). The largest absolute Gasteiger partial charge is 0.256 e. The number of unbranched alkanes of at least 4 members (excludes halogenated alkanes) is 1. The lowest BCUT2D eigenvalue weighted by Crippen LogP contribution is -1.94. The molecule has 0 radical (unpaired) electrons. The van der Waals surface area contributed by atoms with Crippen LogP contribution >= 0.6 is 0 Å². The molecule has 31 heavy (non-hydrogen) atoms. The van der Waals surface area contributed by atoms with Crippen molar-refractivity contribution in [1.82, 2.24) is 4.98 Å². The van der Waals surface area contributed by atoms with Crippen molar-refractivity contribution in [3.8, 4) is 23.1 Å². The average molecular weight is 415 g/mol. The number of rotatable bonds is 4. The first-order valence-electron chi connectivity index (χ1n) is 10.2. The molecule has 1 heterocycles. The molecule has 3 aromatic carbocycles. The standard InChI is InChI=1S/C27H20F3N/c1-2-3-4-19-7-12-27(31-17-19)22-15-25(29)24(26(30)16-22)11-6-18-5-8-21-14-23(28)10-9-20(21)13-18/h5,7-10,12-17H,2-4H2,1H3. The third-order valence-corrected chi connectivity index (χ3v) is 5.12. The van der Waals surface area contributed by atoms with Gasteiger partial charge < -0.3 is 0 Å². The Morgan fingerprint density at radius 1 is 0.806 bits per heavy atom. The third-order valence-electron chi connectivity index (χ3n) is 5.12. The predicted octanol–water partition coefficient (Wildman–Crippen LogP) is 7.06. The Hall–Kier alpha value is -3.58. The molecular formula is C27H20F3N. The fraction of sp³-hybridized carbons (Fsp3) is 0.148. The van der Waals surface area contributed by atoms with Crippen molar-refractivity contribution in [2.45, 2.75) is 26.2 Å². The molecule has 1 aromatic heterocycles. The van der Waals surface area contributed by atoms with Gasteiger partial charge >= 0.3 is 0 Å². The predicted molar refractivity (Wildman–Crippen MR) is 118 cm³/mol. The Bertz CT molecular complexity index is 1270. The summed E-state index contributed by atoms with van der Waals surface area (Å²) in [5, 5.41) is 1.54. The summed E-state index contributed by atoms with van der Waals surface area (Å²) in [7, 11) is 0. The van der Waals surface area contributed by atoms with Crippen LogP contribution in [0.5, 0.6) is 0 Å². The van der Waals surface area contributed by atoms with Gasteiger partial charge in [-0.15, -0.1) is 0 Å². The molecule has 0 aliphatic carbocycles. The van der Waals surface area contributed by atoms with Gasteiger partial charge in [-0.25, -0.2) is 13.2 Å². The summed E-state index contributed by atoms with van der Waals surface area (Å²) >= 11 is 0. The zero-order chi connectivity index (χ0) is 21.8. The van der Waals surface area contributed by atoms with E-state index in [9.17, 15) is 13.2 Å². The lowest BCUT2D eigenvalue weighted by Gasteiger charge is -2.06. The van der Waals surface area contributed by atoms with E-state index in [0.717, 1.165) is 35.6 Å². The van der Waals surface area contributed by atoms with Crippen LogP contribution < -0.4 is 0 Å². The maximum absolute atomic E-state index is 14.6. The highest BCUT2D eigenvalue weighted by Gasteiger charge is 2.11. The van der Waals surface area contributed by atoms with Crippen molar-refractivity contribution in [2.24, 2.45) is 0 Å². The molecule has 0 unspecified atom stereocenters. The fourth-order valence-corrected chi connectivity index (χ4v) is 3.39. The number of hydrogen-bond acceptors (Lipinski definition) is 1. The second-order valence-electron chi connectivity index (χ2n) is 7.43. The van der Waals surface area contributed by atoms with Gasteiger partial charge in [0, 0.05) is 17.3 Å². The molecule has 0 N–H and O–H groups in total. The van der Waals surface area contributed by atoms with Crippen LogP contribution in [0.2, 0.25) is 0 Å². The Morgan fingerprint density at radius 3 is 2.26 bits per heavy atom. The third kappa shape index (κ3) is 4.78. The van der Waals surface area contributed by atoms with Crippen molar-refractivity contribution in [2.75, 3.05) is 0 Å². The van der Waals surface area contributed by atoms with Crippen molar-refractivity contribution in [1.29, 1.82) is 0 Å². The van der Waals surface area contributed by atoms with E-state index < -0.39 is 11.6 Å². The van der Waals surface area contributed by atoms with Crippen LogP contribution in [0.15, 0.2) is 66.9 Å². The Kier molecular flexibility index (Phi) is 6.04. The quantitative estimate of drug-likeness (QED) is 0.325. The van der Waals surface area contributed by atoms with Gasteiger partial charge in [0.2, 0.25) is 0 Å². The van der Waals surface area contributed by atoms with Gasteiger partial charge in [-0.05, 0) is 71.6 Å². The maximum atomic E-state index is 14.6. The fourth-order valence-electron chi connectivity index (χ4n) is 3.39. The molecule has 0 atom stereocenters. The van der Waals surface area contributed by atoms with Gasteiger partial charge in [-0.2, -0.15) is 0 Å². The second kappa shape index (κ2) is 9.06. The first-order valence-corrected chi connectivity index (χ1v) is 10.2. The molecule has 0 saturated carbocycles. The van der Waals surface area contributed by atoms with Crippen molar-refractivity contribution < 1.29 is 13.2 Å². The molecule has 0 amide bonds. The van der Waals surface area contributed by atoms with Crippen LogP contribution in [0.4, 0.5) is 13.2 Å². The normalized spacial score (nSPS) is 10.7. The van der Waals surface area contributed by atoms with Gasteiger partial charge in [0.25, 0.3) is 0 Å². The van der Waals surface area contributed by atoms with E-state index in [2.05, 4.69) is 23.7 Å². The monoisotopic (exact) mass is 415 g/mol. The smallest absolute Gasteiger partial charge is 0.142 e. The van der Waals surface area contributed by atoms with Gasteiger partial charge in [-0.3, -0.25) is 4.98 Å². The van der Waals surface area contributed by atoms with Crippen LogP contribution in [-0.4, -0.2) is 4.98 Å². The zero-order valence-corrected chi connectivity index (χ0v) is 17.1. The van der Waals surface area contributed by atoms with Crippen molar-refractivity contribution in [3.05, 3.63) is 101 Å². The molecule has 4 aromatic rings. The van der Waals surface area contributed by atoms with E-state index in [4.69, 9.17) is 0 Å². The highest BCUT2D eigenvalue weighted by molar-refractivity contribution is 5.84. The molecule has 0 saturated heterocycles. The molecule has 0 fully saturated rings. The number of nitrogens with zero attached hydrogens (tertiary/aromatic N) is 1. The number of fused-ring (bicyclic) bond motifs is 1. The molecule has 0 spiro atoms. The summed E-state index contributed by atoms with van der Waals surface area (Å²) in [5.41, 5.74) is 2.29. The van der Waals surface area contributed by atoms with Crippen LogP contribution in [0, 0.1) is 29.3 Å². The van der Waals surface area contributed by atoms with Crippen LogP contribution in [0.1, 0.15) is 36.5 Å². The van der Waals surface area contributed by atoms with Crippen LogP contribution in [0.3, 0.4) is 0 Å². The lowest BCUT2D eigenvalue weighted by atomic mass is 10.0. The van der Waals surface area contributed by atoms with Crippen LogP contribution in [-0.2, 0) is 6.42 Å². The highest BCUT2D eigenvalue weighted by atomic mass is 19.1. The molecule has 0 bridgehead atoms. The Labute approximate surface area is 179 Å². The number of hydrogen-bond donors (Lipinski definition) is 0. The van der Waals surface area contributed by atoms with E-state index in [1.807, 2.05) is 6.07 Å². The second-order valence-corrected chi connectivity index (χ2v) is 7.43. The average Bonchev–Trinajstić information content (AvgIpc) is 2.77. The maximum Gasteiger partial charge on any atom is 0.142 e. The van der Waals surface area contributed by atoms with Gasteiger partial charge in [0.1, 0.15) is 17.5 Å². The summed E-state index contributed by atoms with van der Waals surface area (Å²) in [5.74, 6) is 3.60. The minimum absolute atomic E-state index is 0.289. The first kappa shape index (κ1) is 20.7. The summed E-state index contributed by atoms with van der Waals surface area (Å²) < 4.78 is 42.6. The minimum Gasteiger partial charge on any atom is -0.256 e. The molecule has 0 aliphatic rings. The Morgan fingerprint density at radius 2 is 1.55 bits per heavy atom. The van der Waals surface area contributed by atoms with E-state index in [-0.39, 0.29) is 11.4 Å². The van der Waals surface area contributed by atoms with Crippen molar-refractivity contribution in [3.63, 3.8) is 0 Å². The lowest BCUT2D eigenvalue weighted by molar-refractivity contribution is 0.578. The topological polar surface area (TPSA) is 12.9 Å². The zero-order valence-electron chi connectivity index (χ0n) is 17.1. The van der Waals surface area contributed by atoms with E-state index >= 15 is 0 Å². The summed E-state index contributed by atoms with van der Waals surface area (Å²) in [6, 6.07) is 15.8. The molecule has 0 aliphatic heterocycles. The molecule has 1 nitrogen and oxygen atoms in total. The number of aromatic nitrogens is 1. The van der Waals surface area contributed by atoms with Gasteiger partial charge in [0.15, 0.2) is 0 Å². The van der Waals surface area contributed by atoms with Crippen molar-refractivity contribution >= 4 is 10.8 Å². The summed E-state index contributed by atoms with van der Waals surface area (Å²) in [6.07, 6.45) is 4.86. The molecule has 154 valence electrons. The van der Waals surface area contributed by atoms with Gasteiger partial charge in [-0.1, -0.05) is 43.4 Å². The first-order chi connectivity index (χ1) is 15.0. The SMILES string of the molecule is CCCCc1ccc(-c2cc(F)c(C#Cc3ccc4cc(F)ccc4c3)c(F)c2)nc1. The summed E-state index contributed by atoms with van der Waals surface area (Å²) in [4.78, 5) is 4.35.